The van der Waals surface area contributed by atoms with Crippen molar-refractivity contribution < 1.29 is 17.9 Å². The quantitative estimate of drug-likeness (QED) is 0.732. The summed E-state index contributed by atoms with van der Waals surface area (Å²) in [6, 6.07) is 13.2. The largest absolute Gasteiger partial charge is 0.493 e. The molecule has 0 saturated carbocycles. The van der Waals surface area contributed by atoms with Crippen LogP contribution in [0.3, 0.4) is 0 Å². The normalized spacial score (nSPS) is 11.1. The molecular weight excluding hydrogens is 342 g/mol. The van der Waals surface area contributed by atoms with Gasteiger partial charge in [0, 0.05) is 18.5 Å². The summed E-state index contributed by atoms with van der Waals surface area (Å²) in [5, 5.41) is 4.13. The lowest BCUT2D eigenvalue weighted by Gasteiger charge is -2.12. The fraction of sp³-hybridized carbons (Fsp3) is 0.118. The van der Waals surface area contributed by atoms with Gasteiger partial charge in [0.05, 0.1) is 30.5 Å². The molecule has 0 unspecified atom stereocenters. The van der Waals surface area contributed by atoms with Gasteiger partial charge in [0.1, 0.15) is 0 Å². The second-order valence-electron chi connectivity index (χ2n) is 5.12. The van der Waals surface area contributed by atoms with Crippen molar-refractivity contribution in [3.05, 3.63) is 60.9 Å². The standard InChI is InChI=1S/C17H17N3O4S/c1-23-16-8-7-15(12-17(16)24-2)25(21,22)19-13-5-3-6-14(11-13)20-10-4-9-18-20/h3-12,19H,1-2H3. The molecule has 3 rings (SSSR count). The van der Waals surface area contributed by atoms with E-state index >= 15 is 0 Å². The molecule has 0 amide bonds. The molecule has 25 heavy (non-hydrogen) atoms. The number of aromatic nitrogens is 2. The smallest absolute Gasteiger partial charge is 0.262 e. The number of rotatable bonds is 6. The van der Waals surface area contributed by atoms with Crippen molar-refractivity contribution in [2.75, 3.05) is 18.9 Å². The van der Waals surface area contributed by atoms with E-state index in [1.165, 1.54) is 26.4 Å². The molecule has 0 aliphatic carbocycles. The Kier molecular flexibility index (Phi) is 4.62. The number of sulfonamides is 1. The van der Waals surface area contributed by atoms with Gasteiger partial charge in [-0.1, -0.05) is 6.07 Å². The van der Waals surface area contributed by atoms with E-state index in [0.717, 1.165) is 5.69 Å². The average Bonchev–Trinajstić information content (AvgIpc) is 3.15. The zero-order chi connectivity index (χ0) is 17.9. The van der Waals surface area contributed by atoms with E-state index in [1.807, 2.05) is 6.07 Å². The summed E-state index contributed by atoms with van der Waals surface area (Å²) < 4.78 is 39.8. The molecule has 2 aromatic carbocycles. The van der Waals surface area contributed by atoms with Crippen LogP contribution < -0.4 is 14.2 Å². The van der Waals surface area contributed by atoms with Crippen LogP contribution in [0.25, 0.3) is 5.69 Å². The lowest BCUT2D eigenvalue weighted by molar-refractivity contribution is 0.354. The molecule has 0 spiro atoms. The van der Waals surface area contributed by atoms with E-state index in [4.69, 9.17) is 9.47 Å². The van der Waals surface area contributed by atoms with Crippen LogP contribution in [0.2, 0.25) is 0 Å². The second kappa shape index (κ2) is 6.86. The summed E-state index contributed by atoms with van der Waals surface area (Å²) in [6.07, 6.45) is 3.43. The first-order valence-corrected chi connectivity index (χ1v) is 8.87. The van der Waals surface area contributed by atoms with Crippen molar-refractivity contribution in [1.82, 2.24) is 9.78 Å². The van der Waals surface area contributed by atoms with E-state index in [1.54, 1.807) is 47.4 Å². The molecule has 130 valence electrons. The Hall–Kier alpha value is -3.00. The van der Waals surface area contributed by atoms with E-state index in [0.29, 0.717) is 17.2 Å². The van der Waals surface area contributed by atoms with Gasteiger partial charge in [-0.2, -0.15) is 5.10 Å². The molecule has 1 N–H and O–H groups in total. The maximum absolute atomic E-state index is 12.6. The highest BCUT2D eigenvalue weighted by Gasteiger charge is 2.17. The summed E-state index contributed by atoms with van der Waals surface area (Å²) in [5.74, 6) is 0.804. The number of ether oxygens (including phenoxy) is 2. The lowest BCUT2D eigenvalue weighted by Crippen LogP contribution is -2.13. The molecular formula is C17H17N3O4S. The monoisotopic (exact) mass is 359 g/mol. The third kappa shape index (κ3) is 3.58. The third-order valence-electron chi connectivity index (χ3n) is 3.53. The van der Waals surface area contributed by atoms with Crippen LogP contribution in [0.1, 0.15) is 0 Å². The first-order valence-electron chi connectivity index (χ1n) is 7.38. The predicted molar refractivity (Wildman–Crippen MR) is 93.9 cm³/mol. The van der Waals surface area contributed by atoms with Crippen molar-refractivity contribution in [2.45, 2.75) is 4.90 Å². The summed E-state index contributed by atoms with van der Waals surface area (Å²) >= 11 is 0. The minimum atomic E-state index is -3.77. The van der Waals surface area contributed by atoms with Gasteiger partial charge in [-0.3, -0.25) is 4.72 Å². The van der Waals surface area contributed by atoms with Crippen molar-refractivity contribution in [1.29, 1.82) is 0 Å². The Labute approximate surface area is 145 Å². The summed E-state index contributed by atoms with van der Waals surface area (Å²) in [6.45, 7) is 0. The van der Waals surface area contributed by atoms with E-state index < -0.39 is 10.0 Å². The molecule has 0 fully saturated rings. The molecule has 1 aromatic heterocycles. The van der Waals surface area contributed by atoms with Gasteiger partial charge in [0.25, 0.3) is 10.0 Å². The van der Waals surface area contributed by atoms with Gasteiger partial charge < -0.3 is 9.47 Å². The van der Waals surface area contributed by atoms with Gasteiger partial charge in [-0.05, 0) is 36.4 Å². The SMILES string of the molecule is COc1ccc(S(=O)(=O)Nc2cccc(-n3cccn3)c2)cc1OC. The topological polar surface area (TPSA) is 82.5 Å². The fourth-order valence-corrected chi connectivity index (χ4v) is 3.40. The van der Waals surface area contributed by atoms with Crippen LogP contribution in [0.15, 0.2) is 65.8 Å². The number of hydrogen-bond acceptors (Lipinski definition) is 5. The Morgan fingerprint density at radius 3 is 2.48 bits per heavy atom. The van der Waals surface area contributed by atoms with Crippen LogP contribution in [0.5, 0.6) is 11.5 Å². The minimum Gasteiger partial charge on any atom is -0.493 e. The highest BCUT2D eigenvalue weighted by Crippen LogP contribution is 2.30. The van der Waals surface area contributed by atoms with Gasteiger partial charge >= 0.3 is 0 Å². The Morgan fingerprint density at radius 2 is 1.80 bits per heavy atom. The van der Waals surface area contributed by atoms with Gasteiger partial charge in [0.2, 0.25) is 0 Å². The Morgan fingerprint density at radius 1 is 1.00 bits per heavy atom. The number of methoxy groups -OCH3 is 2. The zero-order valence-corrected chi connectivity index (χ0v) is 14.5. The van der Waals surface area contributed by atoms with Gasteiger partial charge in [0.15, 0.2) is 11.5 Å². The van der Waals surface area contributed by atoms with Crippen LogP contribution in [-0.2, 0) is 10.0 Å². The predicted octanol–water partition coefficient (Wildman–Crippen LogP) is 2.69. The van der Waals surface area contributed by atoms with Crippen LogP contribution in [0, 0.1) is 0 Å². The highest BCUT2D eigenvalue weighted by atomic mass is 32.2. The summed E-state index contributed by atoms with van der Waals surface area (Å²) in [7, 11) is -0.827. The molecule has 0 radical (unpaired) electrons. The molecule has 3 aromatic rings. The van der Waals surface area contributed by atoms with E-state index in [9.17, 15) is 8.42 Å². The zero-order valence-electron chi connectivity index (χ0n) is 13.7. The van der Waals surface area contributed by atoms with Crippen LogP contribution >= 0.6 is 0 Å². The molecule has 0 aliphatic heterocycles. The number of benzene rings is 2. The van der Waals surface area contributed by atoms with Crippen molar-refractivity contribution >= 4 is 15.7 Å². The maximum Gasteiger partial charge on any atom is 0.262 e. The van der Waals surface area contributed by atoms with E-state index in [2.05, 4.69) is 9.82 Å². The van der Waals surface area contributed by atoms with Crippen molar-refractivity contribution in [2.24, 2.45) is 0 Å². The molecule has 0 bridgehead atoms. The maximum atomic E-state index is 12.6. The molecule has 0 atom stereocenters. The lowest BCUT2D eigenvalue weighted by atomic mass is 10.3. The number of nitrogens with zero attached hydrogens (tertiary/aromatic N) is 2. The molecule has 0 aliphatic rings. The van der Waals surface area contributed by atoms with Crippen molar-refractivity contribution in [3.63, 3.8) is 0 Å². The van der Waals surface area contributed by atoms with E-state index in [-0.39, 0.29) is 4.90 Å². The second-order valence-corrected chi connectivity index (χ2v) is 6.81. The molecule has 1 heterocycles. The number of anilines is 1. The summed E-state index contributed by atoms with van der Waals surface area (Å²) in [5.41, 5.74) is 1.18. The third-order valence-corrected chi connectivity index (χ3v) is 4.91. The number of hydrogen-bond donors (Lipinski definition) is 1. The highest BCUT2D eigenvalue weighted by molar-refractivity contribution is 7.92. The Balaban J connectivity index is 1.91. The average molecular weight is 359 g/mol. The number of nitrogens with one attached hydrogen (secondary N) is 1. The van der Waals surface area contributed by atoms with Crippen LogP contribution in [-0.4, -0.2) is 32.4 Å². The van der Waals surface area contributed by atoms with Gasteiger partial charge in [-0.15, -0.1) is 0 Å². The van der Waals surface area contributed by atoms with Crippen LogP contribution in [0.4, 0.5) is 5.69 Å². The molecule has 7 nitrogen and oxygen atoms in total. The van der Waals surface area contributed by atoms with Crippen molar-refractivity contribution in [3.8, 4) is 17.2 Å². The van der Waals surface area contributed by atoms with Gasteiger partial charge in [-0.25, -0.2) is 13.1 Å². The molecule has 8 heteroatoms. The Bertz CT molecular complexity index is 969. The minimum absolute atomic E-state index is 0.0784. The first kappa shape index (κ1) is 16.8. The molecule has 0 saturated heterocycles. The first-order chi connectivity index (χ1) is 12.0. The fourth-order valence-electron chi connectivity index (χ4n) is 2.33. The summed E-state index contributed by atoms with van der Waals surface area (Å²) in [4.78, 5) is 0.0784.